The molecule has 1 saturated heterocycles. The van der Waals surface area contributed by atoms with Crippen LogP contribution in [-0.4, -0.2) is 49.1 Å². The fourth-order valence-electron chi connectivity index (χ4n) is 2.59. The highest BCUT2D eigenvalue weighted by Crippen LogP contribution is 2.22. The number of aromatic nitrogens is 2. The standard InChI is InChI=1S/C16H24ClN3O3S/c1-11-9-13(17)19-14(18-11)24(22)10-12-7-5-6-8-20(12)15(21)23-16(2,3)4/h9,12H,5-8,10H2,1-4H3/t12-,24-/m0/s1. The molecule has 2 atom stereocenters. The highest BCUT2D eigenvalue weighted by molar-refractivity contribution is 7.84. The van der Waals surface area contributed by atoms with E-state index in [4.69, 9.17) is 16.3 Å². The number of piperidine rings is 1. The molecule has 0 aliphatic carbocycles. The molecule has 24 heavy (non-hydrogen) atoms. The van der Waals surface area contributed by atoms with Gasteiger partial charge in [-0.3, -0.25) is 4.21 Å². The average Bonchev–Trinajstić information content (AvgIpc) is 2.44. The van der Waals surface area contributed by atoms with Crippen LogP contribution in [0.3, 0.4) is 0 Å². The van der Waals surface area contributed by atoms with E-state index in [1.54, 1.807) is 17.9 Å². The molecule has 1 aromatic rings. The van der Waals surface area contributed by atoms with E-state index in [0.29, 0.717) is 18.0 Å². The van der Waals surface area contributed by atoms with Gasteiger partial charge in [0.25, 0.3) is 0 Å². The van der Waals surface area contributed by atoms with Crippen LogP contribution in [0.5, 0.6) is 0 Å². The molecule has 0 spiro atoms. The summed E-state index contributed by atoms with van der Waals surface area (Å²) in [5.74, 6) is 0.291. The molecule has 1 aliphatic rings. The van der Waals surface area contributed by atoms with Crippen molar-refractivity contribution in [3.8, 4) is 0 Å². The van der Waals surface area contributed by atoms with Crippen molar-refractivity contribution >= 4 is 28.5 Å². The maximum absolute atomic E-state index is 12.6. The first-order valence-corrected chi connectivity index (χ1v) is 9.74. The van der Waals surface area contributed by atoms with Gasteiger partial charge in [0.1, 0.15) is 10.8 Å². The Hall–Kier alpha value is -1.21. The number of aryl methyl sites for hydroxylation is 1. The Morgan fingerprint density at radius 1 is 1.42 bits per heavy atom. The zero-order valence-corrected chi connectivity index (χ0v) is 16.1. The van der Waals surface area contributed by atoms with E-state index in [9.17, 15) is 9.00 Å². The normalized spacial score (nSPS) is 19.9. The molecule has 1 amide bonds. The lowest BCUT2D eigenvalue weighted by atomic mass is 10.0. The summed E-state index contributed by atoms with van der Waals surface area (Å²) in [6.45, 7) is 7.91. The van der Waals surface area contributed by atoms with Gasteiger partial charge in [0, 0.05) is 18.3 Å². The lowest BCUT2D eigenvalue weighted by molar-refractivity contribution is 0.0125. The number of hydrogen-bond acceptors (Lipinski definition) is 5. The van der Waals surface area contributed by atoms with Crippen molar-refractivity contribution in [1.29, 1.82) is 0 Å². The molecule has 0 bridgehead atoms. The largest absolute Gasteiger partial charge is 0.444 e. The molecule has 0 unspecified atom stereocenters. The Balaban J connectivity index is 2.10. The van der Waals surface area contributed by atoms with Gasteiger partial charge in [0.15, 0.2) is 0 Å². The first-order valence-electron chi connectivity index (χ1n) is 8.05. The van der Waals surface area contributed by atoms with E-state index in [1.165, 1.54) is 0 Å². The zero-order chi connectivity index (χ0) is 17.9. The highest BCUT2D eigenvalue weighted by Gasteiger charge is 2.32. The third kappa shape index (κ3) is 5.41. The molecular weight excluding hydrogens is 350 g/mol. The van der Waals surface area contributed by atoms with Crippen LogP contribution in [0.4, 0.5) is 4.79 Å². The van der Waals surface area contributed by atoms with E-state index in [-0.39, 0.29) is 22.4 Å². The molecular formula is C16H24ClN3O3S. The number of carbonyl (C=O) groups is 1. The second-order valence-electron chi connectivity index (χ2n) is 6.95. The Morgan fingerprint density at radius 2 is 2.12 bits per heavy atom. The number of amides is 1. The molecule has 0 aromatic carbocycles. The van der Waals surface area contributed by atoms with Gasteiger partial charge in [0.2, 0.25) is 5.16 Å². The maximum Gasteiger partial charge on any atom is 0.410 e. The first-order chi connectivity index (χ1) is 11.2. The highest BCUT2D eigenvalue weighted by atomic mass is 35.5. The monoisotopic (exact) mass is 373 g/mol. The number of rotatable bonds is 3. The van der Waals surface area contributed by atoms with Crippen LogP contribution in [0.1, 0.15) is 45.7 Å². The Morgan fingerprint density at radius 3 is 2.75 bits per heavy atom. The van der Waals surface area contributed by atoms with Crippen LogP contribution >= 0.6 is 11.6 Å². The maximum atomic E-state index is 12.6. The predicted molar refractivity (Wildman–Crippen MR) is 93.6 cm³/mol. The lowest BCUT2D eigenvalue weighted by Gasteiger charge is -2.36. The average molecular weight is 374 g/mol. The van der Waals surface area contributed by atoms with Gasteiger partial charge in [-0.2, -0.15) is 0 Å². The van der Waals surface area contributed by atoms with Gasteiger partial charge in [0.05, 0.1) is 16.6 Å². The molecule has 0 N–H and O–H groups in total. The number of nitrogens with zero attached hydrogens (tertiary/aromatic N) is 3. The minimum absolute atomic E-state index is 0.141. The Bertz CT molecular complexity index is 613. The van der Waals surface area contributed by atoms with E-state index in [0.717, 1.165) is 19.3 Å². The molecule has 0 saturated carbocycles. The third-order valence-electron chi connectivity index (χ3n) is 3.60. The van der Waals surface area contributed by atoms with Crippen LogP contribution in [0.2, 0.25) is 5.15 Å². The van der Waals surface area contributed by atoms with Gasteiger partial charge in [-0.15, -0.1) is 0 Å². The van der Waals surface area contributed by atoms with Crippen molar-refractivity contribution in [3.63, 3.8) is 0 Å². The molecule has 1 aromatic heterocycles. The predicted octanol–water partition coefficient (Wildman–Crippen LogP) is 3.34. The summed E-state index contributed by atoms with van der Waals surface area (Å²) >= 11 is 5.92. The SMILES string of the molecule is Cc1cc(Cl)nc([S@@](=O)C[C@@H]2CCCCN2C(=O)OC(C)(C)C)n1. The van der Waals surface area contributed by atoms with Crippen molar-refractivity contribution < 1.29 is 13.7 Å². The summed E-state index contributed by atoms with van der Waals surface area (Å²) in [4.78, 5) is 22.3. The molecule has 1 fully saturated rings. The summed E-state index contributed by atoms with van der Waals surface area (Å²) < 4.78 is 18.1. The molecule has 1 aliphatic heterocycles. The molecule has 0 radical (unpaired) electrons. The van der Waals surface area contributed by atoms with Crippen LogP contribution in [0, 0.1) is 6.92 Å². The number of halogens is 1. The van der Waals surface area contributed by atoms with Crippen molar-refractivity contribution in [2.75, 3.05) is 12.3 Å². The zero-order valence-electron chi connectivity index (χ0n) is 14.5. The molecule has 2 rings (SSSR count). The Labute approximate surface area is 150 Å². The van der Waals surface area contributed by atoms with E-state index in [2.05, 4.69) is 9.97 Å². The summed E-state index contributed by atoms with van der Waals surface area (Å²) in [5, 5.41) is 0.494. The van der Waals surface area contributed by atoms with Crippen molar-refractivity contribution in [2.24, 2.45) is 0 Å². The van der Waals surface area contributed by atoms with Crippen molar-refractivity contribution in [1.82, 2.24) is 14.9 Å². The van der Waals surface area contributed by atoms with E-state index < -0.39 is 16.4 Å². The summed E-state index contributed by atoms with van der Waals surface area (Å²) in [6, 6.07) is 1.48. The van der Waals surface area contributed by atoms with E-state index in [1.807, 2.05) is 20.8 Å². The Kier molecular flexibility index (Phi) is 6.20. The second kappa shape index (κ2) is 7.78. The van der Waals surface area contributed by atoms with Crippen LogP contribution in [-0.2, 0) is 15.5 Å². The van der Waals surface area contributed by atoms with Crippen LogP contribution in [0.25, 0.3) is 0 Å². The fourth-order valence-corrected chi connectivity index (χ4v) is 4.17. The summed E-state index contributed by atoms with van der Waals surface area (Å²) in [6.07, 6.45) is 2.36. The summed E-state index contributed by atoms with van der Waals surface area (Å²) in [5.41, 5.74) is 0.122. The molecule has 6 nitrogen and oxygen atoms in total. The smallest absolute Gasteiger partial charge is 0.410 e. The number of ether oxygens (including phenoxy) is 1. The summed E-state index contributed by atoms with van der Waals surface area (Å²) in [7, 11) is -1.42. The van der Waals surface area contributed by atoms with Gasteiger partial charge in [-0.1, -0.05) is 11.6 Å². The van der Waals surface area contributed by atoms with Crippen molar-refractivity contribution in [3.05, 3.63) is 16.9 Å². The lowest BCUT2D eigenvalue weighted by Crippen LogP contribution is -2.48. The number of likely N-dealkylation sites (tertiary alicyclic amines) is 1. The molecule has 2 heterocycles. The molecule has 8 heteroatoms. The molecule has 134 valence electrons. The number of carbonyl (C=O) groups excluding carboxylic acids is 1. The van der Waals surface area contributed by atoms with Crippen molar-refractivity contribution in [2.45, 2.75) is 63.8 Å². The van der Waals surface area contributed by atoms with Gasteiger partial charge in [-0.25, -0.2) is 14.8 Å². The van der Waals surface area contributed by atoms with E-state index >= 15 is 0 Å². The minimum Gasteiger partial charge on any atom is -0.444 e. The van der Waals surface area contributed by atoms with Gasteiger partial charge in [-0.05, 0) is 53.0 Å². The van der Waals surface area contributed by atoms with Crippen LogP contribution < -0.4 is 0 Å². The van der Waals surface area contributed by atoms with Crippen LogP contribution in [0.15, 0.2) is 11.2 Å². The van der Waals surface area contributed by atoms with Gasteiger partial charge < -0.3 is 9.64 Å². The first kappa shape index (κ1) is 19.1. The minimum atomic E-state index is -1.42. The topological polar surface area (TPSA) is 72.4 Å². The quantitative estimate of drug-likeness (QED) is 0.600. The second-order valence-corrected chi connectivity index (χ2v) is 8.73. The fraction of sp³-hybridized carbons (Fsp3) is 0.688. The number of hydrogen-bond donors (Lipinski definition) is 0. The van der Waals surface area contributed by atoms with Gasteiger partial charge >= 0.3 is 6.09 Å². The third-order valence-corrected chi connectivity index (χ3v) is 5.08.